The molecule has 4 nitrogen and oxygen atoms in total. The van der Waals surface area contributed by atoms with Gasteiger partial charge in [-0.25, -0.2) is 0 Å². The third-order valence-electron chi connectivity index (χ3n) is 2.92. The lowest BCUT2D eigenvalue weighted by molar-refractivity contribution is -0.102. The number of oxime groups is 1. The number of unbranched alkanes of at least 4 members (excludes halogenated alkanes) is 2. The Morgan fingerprint density at radius 2 is 2.00 bits per heavy atom. The number of ether oxygens (including phenoxy) is 1. The molecule has 0 aromatic heterocycles. The van der Waals surface area contributed by atoms with E-state index in [-0.39, 0.29) is 5.71 Å². The Morgan fingerprint density at radius 1 is 1.19 bits per heavy atom. The summed E-state index contributed by atoms with van der Waals surface area (Å²) in [7, 11) is 1.41. The molecule has 1 rings (SSSR count). The molecule has 0 N–H and O–H groups in total. The molecule has 0 saturated carbocycles. The van der Waals surface area contributed by atoms with Crippen LogP contribution < -0.4 is 0 Å². The summed E-state index contributed by atoms with van der Waals surface area (Å²) in [6, 6.07) is 10.5. The maximum Gasteiger partial charge on any atom is 0.171 e. The number of nitrogens with zero attached hydrogens (tertiary/aromatic N) is 1. The third-order valence-corrected chi connectivity index (χ3v) is 2.92. The standard InChI is InChI=1S/C17H23NO3/c1-20-18-17(15-19)12-8-14-21-13-7-3-6-11-16-9-4-2-5-10-16/h2,4-5,8-10,12,15H,3,6-7,11,13-14H2,1H3/b12-8+,18-17+. The molecule has 0 atom stereocenters. The first-order valence-corrected chi connectivity index (χ1v) is 7.21. The zero-order valence-electron chi connectivity index (χ0n) is 12.5. The number of carbonyl (C=O) groups excluding carboxylic acids is 1. The summed E-state index contributed by atoms with van der Waals surface area (Å²) in [6.07, 6.45) is 8.50. The predicted octanol–water partition coefficient (Wildman–Crippen LogP) is 3.17. The summed E-state index contributed by atoms with van der Waals surface area (Å²) in [5, 5.41) is 3.54. The smallest absolute Gasteiger partial charge is 0.171 e. The lowest BCUT2D eigenvalue weighted by Crippen LogP contribution is -1.98. The number of carbonyl (C=O) groups is 1. The number of aryl methyl sites for hydroxylation is 1. The fraction of sp³-hybridized carbons (Fsp3) is 0.412. The van der Waals surface area contributed by atoms with Gasteiger partial charge < -0.3 is 9.57 Å². The fourth-order valence-electron chi connectivity index (χ4n) is 1.87. The summed E-state index contributed by atoms with van der Waals surface area (Å²) < 4.78 is 5.46. The van der Waals surface area contributed by atoms with Gasteiger partial charge in [-0.1, -0.05) is 48.0 Å². The van der Waals surface area contributed by atoms with Crippen molar-refractivity contribution in [3.8, 4) is 0 Å². The Labute approximate surface area is 126 Å². The molecule has 4 heteroatoms. The molecule has 0 unspecified atom stereocenters. The van der Waals surface area contributed by atoms with Gasteiger partial charge in [0.2, 0.25) is 0 Å². The van der Waals surface area contributed by atoms with E-state index in [0.29, 0.717) is 12.9 Å². The van der Waals surface area contributed by atoms with E-state index >= 15 is 0 Å². The van der Waals surface area contributed by atoms with Gasteiger partial charge in [0.15, 0.2) is 6.29 Å². The lowest BCUT2D eigenvalue weighted by Gasteiger charge is -2.02. The third kappa shape index (κ3) is 8.76. The van der Waals surface area contributed by atoms with Crippen LogP contribution in [0.3, 0.4) is 0 Å². The van der Waals surface area contributed by atoms with Crippen LogP contribution in [-0.4, -0.2) is 32.3 Å². The fourth-order valence-corrected chi connectivity index (χ4v) is 1.87. The number of aldehydes is 1. The van der Waals surface area contributed by atoms with Gasteiger partial charge in [-0.05, 0) is 30.9 Å². The molecule has 0 saturated heterocycles. The Bertz CT molecular complexity index is 441. The van der Waals surface area contributed by atoms with E-state index in [4.69, 9.17) is 4.74 Å². The summed E-state index contributed by atoms with van der Waals surface area (Å²) in [5.41, 5.74) is 1.64. The second kappa shape index (κ2) is 11.9. The number of hydrogen-bond acceptors (Lipinski definition) is 4. The summed E-state index contributed by atoms with van der Waals surface area (Å²) in [4.78, 5) is 15.1. The van der Waals surface area contributed by atoms with Crippen LogP contribution >= 0.6 is 0 Å². The average molecular weight is 289 g/mol. The van der Waals surface area contributed by atoms with Gasteiger partial charge in [-0.15, -0.1) is 0 Å². The van der Waals surface area contributed by atoms with Gasteiger partial charge in [0.1, 0.15) is 12.8 Å². The molecule has 0 heterocycles. The van der Waals surface area contributed by atoms with E-state index < -0.39 is 0 Å². The van der Waals surface area contributed by atoms with Gasteiger partial charge in [0.05, 0.1) is 6.61 Å². The maximum absolute atomic E-state index is 10.5. The van der Waals surface area contributed by atoms with Gasteiger partial charge in [-0.3, -0.25) is 4.79 Å². The van der Waals surface area contributed by atoms with Crippen LogP contribution in [0.5, 0.6) is 0 Å². The Kier molecular flexibility index (Phi) is 9.66. The van der Waals surface area contributed by atoms with E-state index in [1.165, 1.54) is 19.1 Å². The zero-order valence-corrected chi connectivity index (χ0v) is 12.5. The van der Waals surface area contributed by atoms with E-state index in [2.05, 4.69) is 34.3 Å². The monoisotopic (exact) mass is 289 g/mol. The lowest BCUT2D eigenvalue weighted by atomic mass is 10.1. The van der Waals surface area contributed by atoms with Gasteiger partial charge in [0.25, 0.3) is 0 Å². The largest absolute Gasteiger partial charge is 0.399 e. The van der Waals surface area contributed by atoms with Gasteiger partial charge in [0, 0.05) is 6.61 Å². The highest BCUT2D eigenvalue weighted by Gasteiger charge is 1.93. The minimum Gasteiger partial charge on any atom is -0.399 e. The molecule has 0 fully saturated rings. The molecule has 0 amide bonds. The molecule has 0 spiro atoms. The van der Waals surface area contributed by atoms with Crippen molar-refractivity contribution in [3.63, 3.8) is 0 Å². The molecule has 0 radical (unpaired) electrons. The van der Waals surface area contributed by atoms with Crippen molar-refractivity contribution < 1.29 is 14.4 Å². The number of benzene rings is 1. The second-order valence-electron chi connectivity index (χ2n) is 4.59. The number of rotatable bonds is 11. The Balaban J connectivity index is 1.99. The maximum atomic E-state index is 10.5. The van der Waals surface area contributed by atoms with E-state index in [9.17, 15) is 4.79 Å². The molecule has 0 aliphatic rings. The van der Waals surface area contributed by atoms with Gasteiger partial charge in [-0.2, -0.15) is 0 Å². The van der Waals surface area contributed by atoms with Crippen molar-refractivity contribution in [1.82, 2.24) is 0 Å². The van der Waals surface area contributed by atoms with Crippen LogP contribution in [0.1, 0.15) is 24.8 Å². The average Bonchev–Trinajstić information content (AvgIpc) is 2.53. The molecule has 0 aliphatic heterocycles. The Morgan fingerprint density at radius 3 is 2.71 bits per heavy atom. The van der Waals surface area contributed by atoms with Crippen LogP contribution in [0, 0.1) is 0 Å². The van der Waals surface area contributed by atoms with Crippen LogP contribution in [0.4, 0.5) is 0 Å². The highest BCUT2D eigenvalue weighted by molar-refractivity contribution is 6.33. The normalized spacial score (nSPS) is 11.8. The highest BCUT2D eigenvalue weighted by Crippen LogP contribution is 2.06. The first kappa shape index (κ1) is 17.1. The summed E-state index contributed by atoms with van der Waals surface area (Å²) in [6.45, 7) is 1.21. The van der Waals surface area contributed by atoms with E-state index in [0.717, 1.165) is 25.9 Å². The molecule has 114 valence electrons. The minimum atomic E-state index is 0.254. The van der Waals surface area contributed by atoms with E-state index in [1.807, 2.05) is 6.07 Å². The van der Waals surface area contributed by atoms with Crippen molar-refractivity contribution in [1.29, 1.82) is 0 Å². The van der Waals surface area contributed by atoms with Gasteiger partial charge >= 0.3 is 0 Å². The minimum absolute atomic E-state index is 0.254. The summed E-state index contributed by atoms with van der Waals surface area (Å²) in [5.74, 6) is 0. The topological polar surface area (TPSA) is 47.9 Å². The van der Waals surface area contributed by atoms with Crippen LogP contribution in [0.25, 0.3) is 0 Å². The molecular formula is C17H23NO3. The van der Waals surface area contributed by atoms with Crippen molar-refractivity contribution in [2.24, 2.45) is 5.16 Å². The predicted molar refractivity (Wildman–Crippen MR) is 84.5 cm³/mol. The quantitative estimate of drug-likeness (QED) is 0.272. The first-order valence-electron chi connectivity index (χ1n) is 7.21. The van der Waals surface area contributed by atoms with Crippen molar-refractivity contribution in [2.75, 3.05) is 20.3 Å². The van der Waals surface area contributed by atoms with Crippen molar-refractivity contribution >= 4 is 12.0 Å². The summed E-state index contributed by atoms with van der Waals surface area (Å²) >= 11 is 0. The van der Waals surface area contributed by atoms with Crippen LogP contribution in [0.2, 0.25) is 0 Å². The number of allylic oxidation sites excluding steroid dienone is 1. The van der Waals surface area contributed by atoms with E-state index in [1.54, 1.807) is 12.2 Å². The Hall–Kier alpha value is -1.94. The second-order valence-corrected chi connectivity index (χ2v) is 4.59. The van der Waals surface area contributed by atoms with Crippen molar-refractivity contribution in [2.45, 2.75) is 25.7 Å². The highest BCUT2D eigenvalue weighted by atomic mass is 16.6. The zero-order chi connectivity index (χ0) is 15.2. The SMILES string of the molecule is CO/N=C(C=O)\C=C\COCCCCCc1ccccc1. The van der Waals surface area contributed by atoms with Crippen molar-refractivity contribution in [3.05, 3.63) is 48.0 Å². The molecule has 0 aliphatic carbocycles. The number of hydrogen-bond donors (Lipinski definition) is 0. The molecule has 1 aromatic rings. The first-order chi connectivity index (χ1) is 10.4. The van der Waals surface area contributed by atoms with Crippen LogP contribution in [-0.2, 0) is 20.8 Å². The molecule has 21 heavy (non-hydrogen) atoms. The molecular weight excluding hydrogens is 266 g/mol. The molecule has 1 aromatic carbocycles. The molecule has 0 bridgehead atoms. The van der Waals surface area contributed by atoms with Crippen LogP contribution in [0.15, 0.2) is 47.6 Å².